The molecule has 1 aromatic carbocycles. The number of rotatable bonds is 5. The highest BCUT2D eigenvalue weighted by Crippen LogP contribution is 2.33. The molecule has 0 atom stereocenters. The Hall–Kier alpha value is -1.44. The Bertz CT molecular complexity index is 478. The van der Waals surface area contributed by atoms with Gasteiger partial charge in [-0.3, -0.25) is 4.79 Å². The lowest BCUT2D eigenvalue weighted by atomic mass is 10.3. The van der Waals surface area contributed by atoms with Gasteiger partial charge in [0.2, 0.25) is 0 Å². The van der Waals surface area contributed by atoms with Crippen molar-refractivity contribution in [2.45, 2.75) is 26.3 Å². The molecule has 8 heteroatoms. The average Bonchev–Trinajstić information content (AvgIpc) is 2.27. The molecule has 1 aromatic rings. The van der Waals surface area contributed by atoms with E-state index in [-0.39, 0.29) is 34.5 Å². The maximum atomic E-state index is 12.1. The Balaban J connectivity index is 2.62. The van der Waals surface area contributed by atoms with E-state index in [1.807, 2.05) is 0 Å². The van der Waals surface area contributed by atoms with Crippen molar-refractivity contribution in [3.8, 4) is 11.5 Å². The van der Waals surface area contributed by atoms with Crippen LogP contribution in [0.4, 0.5) is 13.2 Å². The summed E-state index contributed by atoms with van der Waals surface area (Å²) in [5.41, 5.74) is 0. The molecular formula is C12H13BrF3NO3. The van der Waals surface area contributed by atoms with Crippen molar-refractivity contribution < 1.29 is 27.4 Å². The molecule has 0 fully saturated rings. The molecule has 0 aliphatic rings. The minimum atomic E-state index is -4.76. The average molecular weight is 356 g/mol. The molecule has 112 valence electrons. The van der Waals surface area contributed by atoms with Crippen molar-refractivity contribution in [2.75, 3.05) is 6.61 Å². The zero-order valence-corrected chi connectivity index (χ0v) is 12.3. The minimum absolute atomic E-state index is 0.0135. The summed E-state index contributed by atoms with van der Waals surface area (Å²) in [5.74, 6) is -0.437. The fourth-order valence-corrected chi connectivity index (χ4v) is 1.73. The summed E-state index contributed by atoms with van der Waals surface area (Å²) in [5, 5.41) is 2.62. The van der Waals surface area contributed by atoms with Gasteiger partial charge in [0.15, 0.2) is 6.61 Å². The van der Waals surface area contributed by atoms with E-state index in [0.29, 0.717) is 0 Å². The Morgan fingerprint density at radius 2 is 2.05 bits per heavy atom. The van der Waals surface area contributed by atoms with Crippen LogP contribution in [-0.4, -0.2) is 24.9 Å². The van der Waals surface area contributed by atoms with E-state index in [1.54, 1.807) is 13.8 Å². The van der Waals surface area contributed by atoms with Gasteiger partial charge < -0.3 is 14.8 Å². The highest BCUT2D eigenvalue weighted by atomic mass is 79.9. The molecule has 0 radical (unpaired) electrons. The fourth-order valence-electron chi connectivity index (χ4n) is 1.29. The Kier molecular flexibility index (Phi) is 5.67. The Morgan fingerprint density at radius 1 is 1.40 bits per heavy atom. The Morgan fingerprint density at radius 3 is 2.55 bits per heavy atom. The lowest BCUT2D eigenvalue weighted by Gasteiger charge is -2.12. The highest BCUT2D eigenvalue weighted by Gasteiger charge is 2.32. The molecule has 20 heavy (non-hydrogen) atoms. The standard InChI is InChI=1S/C12H13BrF3NO3/c1-7(2)17-11(18)6-19-8-3-4-10(9(13)5-8)20-12(14,15)16/h3-5,7H,6H2,1-2H3,(H,17,18). The van der Waals surface area contributed by atoms with E-state index in [1.165, 1.54) is 12.1 Å². The van der Waals surface area contributed by atoms with Crippen LogP contribution in [0.5, 0.6) is 11.5 Å². The van der Waals surface area contributed by atoms with E-state index >= 15 is 0 Å². The van der Waals surface area contributed by atoms with Gasteiger partial charge in [0, 0.05) is 6.04 Å². The number of carbonyl (C=O) groups excluding carboxylic acids is 1. The van der Waals surface area contributed by atoms with Crippen molar-refractivity contribution in [3.63, 3.8) is 0 Å². The SMILES string of the molecule is CC(C)NC(=O)COc1ccc(OC(F)(F)F)c(Br)c1. The molecule has 0 aliphatic heterocycles. The number of halogens is 4. The van der Waals surface area contributed by atoms with Gasteiger partial charge in [-0.2, -0.15) is 0 Å². The molecule has 4 nitrogen and oxygen atoms in total. The first kappa shape index (κ1) is 16.6. The smallest absolute Gasteiger partial charge is 0.484 e. The zero-order valence-electron chi connectivity index (χ0n) is 10.8. The summed E-state index contributed by atoms with van der Waals surface area (Å²) in [4.78, 5) is 11.3. The van der Waals surface area contributed by atoms with Crippen LogP contribution in [0.15, 0.2) is 22.7 Å². The van der Waals surface area contributed by atoms with Crippen LogP contribution >= 0.6 is 15.9 Å². The predicted octanol–water partition coefficient (Wildman–Crippen LogP) is 3.25. The third-order valence-corrected chi connectivity index (χ3v) is 2.57. The van der Waals surface area contributed by atoms with Crippen LogP contribution in [0.3, 0.4) is 0 Å². The van der Waals surface area contributed by atoms with E-state index < -0.39 is 6.36 Å². The molecule has 0 spiro atoms. The minimum Gasteiger partial charge on any atom is -0.484 e. The van der Waals surface area contributed by atoms with Gasteiger partial charge in [-0.25, -0.2) is 0 Å². The number of benzene rings is 1. The number of carbonyl (C=O) groups is 1. The van der Waals surface area contributed by atoms with Gasteiger partial charge in [0.25, 0.3) is 5.91 Å². The van der Waals surface area contributed by atoms with Gasteiger partial charge in [-0.1, -0.05) is 0 Å². The van der Waals surface area contributed by atoms with Gasteiger partial charge >= 0.3 is 6.36 Å². The van der Waals surface area contributed by atoms with E-state index in [4.69, 9.17) is 4.74 Å². The molecule has 1 amide bonds. The second-order valence-corrected chi connectivity index (χ2v) is 5.01. The van der Waals surface area contributed by atoms with E-state index in [2.05, 4.69) is 26.0 Å². The second kappa shape index (κ2) is 6.83. The lowest BCUT2D eigenvalue weighted by Crippen LogP contribution is -2.34. The molecular weight excluding hydrogens is 343 g/mol. The highest BCUT2D eigenvalue weighted by molar-refractivity contribution is 9.10. The predicted molar refractivity (Wildman–Crippen MR) is 69.6 cm³/mol. The van der Waals surface area contributed by atoms with E-state index in [0.717, 1.165) is 6.07 Å². The van der Waals surface area contributed by atoms with Crippen LogP contribution < -0.4 is 14.8 Å². The van der Waals surface area contributed by atoms with Crippen molar-refractivity contribution in [1.29, 1.82) is 0 Å². The number of hydrogen-bond acceptors (Lipinski definition) is 3. The summed E-state index contributed by atoms with van der Waals surface area (Å²) >= 11 is 2.94. The van der Waals surface area contributed by atoms with Crippen LogP contribution in [0.25, 0.3) is 0 Å². The zero-order chi connectivity index (χ0) is 15.3. The van der Waals surface area contributed by atoms with Gasteiger partial charge in [-0.05, 0) is 48.0 Å². The monoisotopic (exact) mass is 355 g/mol. The Labute approximate surface area is 122 Å². The molecule has 0 aliphatic carbocycles. The van der Waals surface area contributed by atoms with Crippen molar-refractivity contribution in [1.82, 2.24) is 5.32 Å². The second-order valence-electron chi connectivity index (χ2n) is 4.15. The number of ether oxygens (including phenoxy) is 2. The first-order valence-electron chi connectivity index (χ1n) is 5.65. The number of amides is 1. The summed E-state index contributed by atoms with van der Waals surface area (Å²) in [7, 11) is 0. The fraction of sp³-hybridized carbons (Fsp3) is 0.417. The van der Waals surface area contributed by atoms with Crippen molar-refractivity contribution >= 4 is 21.8 Å². The van der Waals surface area contributed by atoms with Crippen molar-refractivity contribution in [2.24, 2.45) is 0 Å². The quantitative estimate of drug-likeness (QED) is 0.881. The molecule has 1 rings (SSSR count). The number of hydrogen-bond donors (Lipinski definition) is 1. The van der Waals surface area contributed by atoms with E-state index in [9.17, 15) is 18.0 Å². The van der Waals surface area contributed by atoms with Gasteiger partial charge in [0.05, 0.1) is 4.47 Å². The molecule has 0 saturated carbocycles. The lowest BCUT2D eigenvalue weighted by molar-refractivity contribution is -0.274. The summed E-state index contributed by atoms with van der Waals surface area (Å²) in [6.07, 6.45) is -4.76. The van der Waals surface area contributed by atoms with Crippen LogP contribution in [0.2, 0.25) is 0 Å². The van der Waals surface area contributed by atoms with Crippen LogP contribution in [-0.2, 0) is 4.79 Å². The van der Waals surface area contributed by atoms with Crippen molar-refractivity contribution in [3.05, 3.63) is 22.7 Å². The number of alkyl halides is 3. The maximum absolute atomic E-state index is 12.1. The first-order chi connectivity index (χ1) is 9.17. The molecule has 0 unspecified atom stereocenters. The number of nitrogens with one attached hydrogen (secondary N) is 1. The summed E-state index contributed by atoms with van der Waals surface area (Å²) in [6.45, 7) is 3.39. The summed E-state index contributed by atoms with van der Waals surface area (Å²) in [6, 6.07) is 3.67. The summed E-state index contributed by atoms with van der Waals surface area (Å²) < 4.78 is 45.2. The van der Waals surface area contributed by atoms with Gasteiger partial charge in [0.1, 0.15) is 11.5 Å². The van der Waals surface area contributed by atoms with Crippen LogP contribution in [0.1, 0.15) is 13.8 Å². The van der Waals surface area contributed by atoms with Crippen LogP contribution in [0, 0.1) is 0 Å². The molecule has 0 aromatic heterocycles. The first-order valence-corrected chi connectivity index (χ1v) is 6.44. The molecule has 0 heterocycles. The molecule has 1 N–H and O–H groups in total. The molecule has 0 saturated heterocycles. The third kappa shape index (κ3) is 6.14. The van der Waals surface area contributed by atoms with Gasteiger partial charge in [-0.15, -0.1) is 13.2 Å². The third-order valence-electron chi connectivity index (χ3n) is 1.95. The largest absolute Gasteiger partial charge is 0.573 e. The normalized spacial score (nSPS) is 11.3. The molecule has 0 bridgehead atoms. The topological polar surface area (TPSA) is 47.6 Å². The maximum Gasteiger partial charge on any atom is 0.573 e.